The highest BCUT2D eigenvalue weighted by molar-refractivity contribution is 5.55. The second-order valence-corrected chi connectivity index (χ2v) is 4.12. The highest BCUT2D eigenvalue weighted by Gasteiger charge is 2.10. The number of nitro benzene ring substituents is 1. The van der Waals surface area contributed by atoms with Crippen LogP contribution in [0.15, 0.2) is 30.6 Å². The van der Waals surface area contributed by atoms with E-state index in [1.807, 2.05) is 0 Å². The smallest absolute Gasteiger partial charge is 0.269 e. The van der Waals surface area contributed by atoms with Crippen molar-refractivity contribution < 1.29 is 9.66 Å². The van der Waals surface area contributed by atoms with Gasteiger partial charge in [0, 0.05) is 43.2 Å². The summed E-state index contributed by atoms with van der Waals surface area (Å²) in [6.45, 7) is 1.61. The predicted octanol–water partition coefficient (Wildman–Crippen LogP) is 1.44. The van der Waals surface area contributed by atoms with E-state index in [9.17, 15) is 10.1 Å². The molecule has 1 aromatic heterocycles. The second-order valence-electron chi connectivity index (χ2n) is 4.12. The van der Waals surface area contributed by atoms with E-state index in [4.69, 9.17) is 4.74 Å². The molecular formula is C12H15N5O3. The first-order valence-electron chi connectivity index (χ1n) is 6.05. The van der Waals surface area contributed by atoms with Crippen LogP contribution in [-0.4, -0.2) is 33.6 Å². The average molecular weight is 277 g/mol. The lowest BCUT2D eigenvalue weighted by atomic mass is 10.1. The Kier molecular flexibility index (Phi) is 4.61. The van der Waals surface area contributed by atoms with E-state index in [1.54, 1.807) is 30.3 Å². The first-order chi connectivity index (χ1) is 9.70. The maximum atomic E-state index is 10.8. The molecule has 106 valence electrons. The van der Waals surface area contributed by atoms with Gasteiger partial charge >= 0.3 is 0 Å². The minimum absolute atomic E-state index is 0.0545. The second kappa shape index (κ2) is 6.62. The summed E-state index contributed by atoms with van der Waals surface area (Å²) in [6.07, 6.45) is 3.38. The normalized spacial score (nSPS) is 10.4. The lowest BCUT2D eigenvalue weighted by Gasteiger charge is -2.11. The van der Waals surface area contributed by atoms with E-state index >= 15 is 0 Å². The summed E-state index contributed by atoms with van der Waals surface area (Å²) >= 11 is 0. The lowest BCUT2D eigenvalue weighted by molar-refractivity contribution is -0.384. The van der Waals surface area contributed by atoms with Crippen LogP contribution < -0.4 is 5.32 Å². The fraction of sp³-hybridized carbons (Fsp3) is 0.333. The summed E-state index contributed by atoms with van der Waals surface area (Å²) in [7, 11) is 1.55. The maximum absolute atomic E-state index is 10.8. The Balaban J connectivity index is 2.03. The Hall–Kier alpha value is -2.48. The average Bonchev–Trinajstić information content (AvgIpc) is 2.93. The van der Waals surface area contributed by atoms with Gasteiger partial charge in [0.25, 0.3) is 5.69 Å². The summed E-state index contributed by atoms with van der Waals surface area (Å²) in [4.78, 5) is 10.3. The van der Waals surface area contributed by atoms with Crippen molar-refractivity contribution in [2.75, 3.05) is 19.0 Å². The third-order valence-corrected chi connectivity index (χ3v) is 2.73. The van der Waals surface area contributed by atoms with E-state index in [0.29, 0.717) is 19.7 Å². The zero-order chi connectivity index (χ0) is 14.4. The summed E-state index contributed by atoms with van der Waals surface area (Å²) in [5.74, 6) is 0. The van der Waals surface area contributed by atoms with Crippen LogP contribution in [0.25, 0.3) is 0 Å². The number of rotatable bonds is 7. The van der Waals surface area contributed by atoms with Gasteiger partial charge in [0.1, 0.15) is 0 Å². The molecule has 1 aromatic carbocycles. The van der Waals surface area contributed by atoms with Gasteiger partial charge in [0.15, 0.2) is 0 Å². The van der Waals surface area contributed by atoms with E-state index in [2.05, 4.69) is 15.6 Å². The van der Waals surface area contributed by atoms with Crippen LogP contribution in [0, 0.1) is 10.1 Å². The molecule has 0 atom stereocenters. The van der Waals surface area contributed by atoms with E-state index in [-0.39, 0.29) is 5.69 Å². The van der Waals surface area contributed by atoms with Crippen LogP contribution in [0.2, 0.25) is 0 Å². The van der Waals surface area contributed by atoms with Gasteiger partial charge in [-0.3, -0.25) is 14.8 Å². The summed E-state index contributed by atoms with van der Waals surface area (Å²) in [6, 6.07) is 4.67. The number of nitro groups is 1. The maximum Gasteiger partial charge on any atom is 0.269 e. The molecule has 8 heteroatoms. The molecule has 0 fully saturated rings. The molecule has 2 rings (SSSR count). The third-order valence-electron chi connectivity index (χ3n) is 2.73. The Morgan fingerprint density at radius 1 is 1.50 bits per heavy atom. The molecule has 0 amide bonds. The first-order valence-corrected chi connectivity index (χ1v) is 6.05. The van der Waals surface area contributed by atoms with Crippen LogP contribution in [0.3, 0.4) is 0 Å². The number of anilines is 1. The quantitative estimate of drug-likeness (QED) is 0.608. The third kappa shape index (κ3) is 3.51. The van der Waals surface area contributed by atoms with Crippen molar-refractivity contribution in [3.63, 3.8) is 0 Å². The summed E-state index contributed by atoms with van der Waals surface area (Å²) in [5.41, 5.74) is 1.62. The number of nitrogens with zero attached hydrogens (tertiary/aromatic N) is 4. The number of methoxy groups -OCH3 is 1. The van der Waals surface area contributed by atoms with Crippen LogP contribution in [0.1, 0.15) is 5.56 Å². The Labute approximate surface area is 115 Å². The van der Waals surface area contributed by atoms with Gasteiger partial charge in [-0.25, -0.2) is 0 Å². The number of ether oxygens (including phenoxy) is 1. The molecule has 0 saturated carbocycles. The molecule has 8 nitrogen and oxygen atoms in total. The fourth-order valence-electron chi connectivity index (χ4n) is 1.80. The number of nitrogens with one attached hydrogen (secondary N) is 1. The monoisotopic (exact) mass is 277 g/mol. The van der Waals surface area contributed by atoms with Gasteiger partial charge in [0.2, 0.25) is 0 Å². The van der Waals surface area contributed by atoms with Gasteiger partial charge in [-0.1, -0.05) is 5.21 Å². The molecule has 2 aromatic rings. The molecule has 0 saturated heterocycles. The van der Waals surface area contributed by atoms with E-state index in [1.165, 1.54) is 12.1 Å². The zero-order valence-corrected chi connectivity index (χ0v) is 11.0. The molecule has 0 unspecified atom stereocenters. The van der Waals surface area contributed by atoms with Crippen LogP contribution >= 0.6 is 0 Å². The first kappa shape index (κ1) is 13.9. The Morgan fingerprint density at radius 2 is 2.35 bits per heavy atom. The van der Waals surface area contributed by atoms with Gasteiger partial charge in [0.05, 0.1) is 24.3 Å². The molecule has 20 heavy (non-hydrogen) atoms. The number of aromatic nitrogens is 3. The number of non-ortho nitro benzene ring substituents is 1. The highest BCUT2D eigenvalue weighted by atomic mass is 16.6. The summed E-state index contributed by atoms with van der Waals surface area (Å²) in [5, 5.41) is 21.5. The van der Waals surface area contributed by atoms with E-state index in [0.717, 1.165) is 11.3 Å². The topological polar surface area (TPSA) is 95.1 Å². The number of benzene rings is 1. The van der Waals surface area contributed by atoms with Crippen molar-refractivity contribution in [3.05, 3.63) is 46.3 Å². The minimum Gasteiger partial charge on any atom is -0.383 e. The zero-order valence-electron chi connectivity index (χ0n) is 11.0. The lowest BCUT2D eigenvalue weighted by Crippen LogP contribution is -2.12. The molecule has 0 aliphatic carbocycles. The number of hydrogen-bond donors (Lipinski definition) is 1. The van der Waals surface area contributed by atoms with Crippen molar-refractivity contribution in [1.82, 2.24) is 15.0 Å². The standard InChI is InChI=1S/C12H15N5O3/c1-20-9-10-8-11(17(18)19)2-3-12(10)13-4-6-16-7-5-14-15-16/h2-3,5,7-8,13H,4,6,9H2,1H3. The molecular weight excluding hydrogens is 262 g/mol. The van der Waals surface area contributed by atoms with E-state index < -0.39 is 4.92 Å². The van der Waals surface area contributed by atoms with Crippen molar-refractivity contribution in [1.29, 1.82) is 0 Å². The van der Waals surface area contributed by atoms with Gasteiger partial charge in [-0.2, -0.15) is 0 Å². The molecule has 0 aliphatic rings. The molecule has 0 bridgehead atoms. The molecule has 0 spiro atoms. The van der Waals surface area contributed by atoms with Crippen LogP contribution in [-0.2, 0) is 17.9 Å². The van der Waals surface area contributed by atoms with Gasteiger partial charge < -0.3 is 10.1 Å². The van der Waals surface area contributed by atoms with Crippen molar-refractivity contribution in [2.24, 2.45) is 0 Å². The Bertz CT molecular complexity index is 570. The van der Waals surface area contributed by atoms with Gasteiger partial charge in [-0.05, 0) is 6.07 Å². The van der Waals surface area contributed by atoms with Gasteiger partial charge in [-0.15, -0.1) is 5.10 Å². The van der Waals surface area contributed by atoms with Crippen molar-refractivity contribution in [3.8, 4) is 0 Å². The number of hydrogen-bond acceptors (Lipinski definition) is 6. The van der Waals surface area contributed by atoms with Crippen molar-refractivity contribution >= 4 is 11.4 Å². The van der Waals surface area contributed by atoms with Crippen LogP contribution in [0.4, 0.5) is 11.4 Å². The largest absolute Gasteiger partial charge is 0.383 e. The van der Waals surface area contributed by atoms with Crippen LogP contribution in [0.5, 0.6) is 0 Å². The molecule has 0 radical (unpaired) electrons. The SMILES string of the molecule is COCc1cc([N+](=O)[O-])ccc1NCCn1ccnn1. The molecule has 0 aliphatic heterocycles. The summed E-state index contributed by atoms with van der Waals surface area (Å²) < 4.78 is 6.77. The molecule has 1 heterocycles. The fourth-order valence-corrected chi connectivity index (χ4v) is 1.80. The Morgan fingerprint density at radius 3 is 3.00 bits per heavy atom. The minimum atomic E-state index is -0.418. The highest BCUT2D eigenvalue weighted by Crippen LogP contribution is 2.22. The molecule has 1 N–H and O–H groups in total. The van der Waals surface area contributed by atoms with Crippen molar-refractivity contribution in [2.45, 2.75) is 13.2 Å². The predicted molar refractivity (Wildman–Crippen MR) is 72.3 cm³/mol.